The largest absolute Gasteiger partial charge is 0.462 e. The average molecular weight is 343 g/mol. The van der Waals surface area contributed by atoms with Crippen molar-refractivity contribution in [2.75, 3.05) is 6.61 Å². The number of rotatable bonds is 4. The maximum absolute atomic E-state index is 12.3. The summed E-state index contributed by atoms with van der Waals surface area (Å²) >= 11 is 12.1. The Kier molecular flexibility index (Phi) is 5.32. The first-order valence-corrected chi connectivity index (χ1v) is 7.60. The Balaban J connectivity index is 2.43. The molecule has 1 aromatic carbocycles. The van der Waals surface area contributed by atoms with Gasteiger partial charge in [0.15, 0.2) is 0 Å². The molecule has 1 aliphatic heterocycles. The second kappa shape index (κ2) is 7.03. The second-order valence-corrected chi connectivity index (χ2v) is 5.72. The highest BCUT2D eigenvalue weighted by molar-refractivity contribution is 6.35. The lowest BCUT2D eigenvalue weighted by atomic mass is 9.95. The minimum Gasteiger partial charge on any atom is -0.462 e. The van der Waals surface area contributed by atoms with Crippen LogP contribution in [-0.2, 0) is 9.53 Å². The smallest absolute Gasteiger partial charge is 0.338 e. The topological polar surface area (TPSA) is 67.4 Å². The fourth-order valence-corrected chi connectivity index (χ4v) is 2.72. The zero-order valence-corrected chi connectivity index (χ0v) is 13.7. The van der Waals surface area contributed by atoms with Crippen molar-refractivity contribution in [1.82, 2.24) is 10.6 Å². The van der Waals surface area contributed by atoms with Gasteiger partial charge in [-0.3, -0.25) is 0 Å². The zero-order chi connectivity index (χ0) is 16.3. The molecule has 0 aliphatic carbocycles. The number of nitrogens with one attached hydrogen (secondary N) is 2. The Hall–Kier alpha value is -1.72. The number of amides is 2. The first kappa shape index (κ1) is 16.6. The van der Waals surface area contributed by atoms with Gasteiger partial charge in [0, 0.05) is 15.7 Å². The van der Waals surface area contributed by atoms with Crippen LogP contribution in [0.15, 0.2) is 29.5 Å². The predicted octanol–water partition coefficient (Wildman–Crippen LogP) is 3.57. The molecule has 22 heavy (non-hydrogen) atoms. The molecule has 7 heteroatoms. The van der Waals surface area contributed by atoms with Gasteiger partial charge in [-0.1, -0.05) is 36.2 Å². The van der Waals surface area contributed by atoms with Gasteiger partial charge in [-0.15, -0.1) is 0 Å². The summed E-state index contributed by atoms with van der Waals surface area (Å²) in [5, 5.41) is 6.12. The molecule has 2 rings (SSSR count). The predicted molar refractivity (Wildman–Crippen MR) is 84.8 cm³/mol. The summed E-state index contributed by atoms with van der Waals surface area (Å²) in [6.45, 7) is 3.87. The third-order valence-corrected chi connectivity index (χ3v) is 3.76. The summed E-state index contributed by atoms with van der Waals surface area (Å²) in [7, 11) is 0. The molecule has 0 saturated carbocycles. The van der Waals surface area contributed by atoms with Crippen molar-refractivity contribution in [1.29, 1.82) is 0 Å². The zero-order valence-electron chi connectivity index (χ0n) is 12.2. The summed E-state index contributed by atoms with van der Waals surface area (Å²) in [5.41, 5.74) is 1.36. The summed E-state index contributed by atoms with van der Waals surface area (Å²) in [5.74, 6) is -0.483. The van der Waals surface area contributed by atoms with Crippen molar-refractivity contribution in [2.24, 2.45) is 0 Å². The van der Waals surface area contributed by atoms with E-state index in [1.165, 1.54) is 0 Å². The van der Waals surface area contributed by atoms with Gasteiger partial charge in [-0.25, -0.2) is 9.59 Å². The van der Waals surface area contributed by atoms with Gasteiger partial charge in [-0.2, -0.15) is 0 Å². The van der Waals surface area contributed by atoms with Crippen molar-refractivity contribution < 1.29 is 14.3 Å². The third-order valence-electron chi connectivity index (χ3n) is 3.20. The number of urea groups is 1. The summed E-state index contributed by atoms with van der Waals surface area (Å²) in [6, 6.07) is 3.82. The number of carbonyl (C=O) groups is 2. The van der Waals surface area contributed by atoms with Crippen LogP contribution >= 0.6 is 23.2 Å². The molecule has 2 amide bonds. The number of esters is 1. The number of carbonyl (C=O) groups excluding carboxylic acids is 2. The molecule has 0 spiro atoms. The Bertz CT molecular complexity index is 644. The van der Waals surface area contributed by atoms with Crippen molar-refractivity contribution in [2.45, 2.75) is 26.3 Å². The van der Waals surface area contributed by atoms with Crippen LogP contribution in [0.3, 0.4) is 0 Å². The first-order chi connectivity index (χ1) is 10.4. The maximum atomic E-state index is 12.3. The Labute approximate surface area is 138 Å². The van der Waals surface area contributed by atoms with E-state index in [1.54, 1.807) is 25.1 Å². The van der Waals surface area contributed by atoms with E-state index in [0.29, 0.717) is 39.9 Å². The fourth-order valence-electron chi connectivity index (χ4n) is 2.21. The molecule has 1 aromatic rings. The second-order valence-electron chi connectivity index (χ2n) is 4.87. The minimum absolute atomic E-state index is 0.310. The molecule has 0 bridgehead atoms. The molecule has 0 aromatic heterocycles. The molecular weight excluding hydrogens is 327 g/mol. The Morgan fingerprint density at radius 2 is 2.09 bits per heavy atom. The van der Waals surface area contributed by atoms with Gasteiger partial charge < -0.3 is 15.4 Å². The van der Waals surface area contributed by atoms with Gasteiger partial charge in [0.05, 0.1) is 18.2 Å². The monoisotopic (exact) mass is 342 g/mol. The molecule has 0 radical (unpaired) electrons. The molecule has 5 nitrogen and oxygen atoms in total. The number of benzene rings is 1. The van der Waals surface area contributed by atoms with Crippen LogP contribution in [0.4, 0.5) is 4.79 Å². The van der Waals surface area contributed by atoms with Crippen molar-refractivity contribution in [3.8, 4) is 0 Å². The molecule has 2 N–H and O–H groups in total. The summed E-state index contributed by atoms with van der Waals surface area (Å²) in [6.07, 6.45) is 0.713. The van der Waals surface area contributed by atoms with E-state index in [1.807, 2.05) is 6.92 Å². The number of hydrogen-bond donors (Lipinski definition) is 2. The van der Waals surface area contributed by atoms with Gasteiger partial charge in [0.2, 0.25) is 0 Å². The lowest BCUT2D eigenvalue weighted by Crippen LogP contribution is -2.45. The molecule has 0 saturated heterocycles. The van der Waals surface area contributed by atoms with Crippen LogP contribution in [0.5, 0.6) is 0 Å². The normalized spacial score (nSPS) is 17.8. The number of ether oxygens (including phenoxy) is 1. The number of halogens is 2. The standard InChI is InChI=1S/C15H16Cl2N2O3/c1-3-6-22-14(20)12-8(2)18-15(21)19-13(12)10-5-4-9(16)7-11(10)17/h4-5,7,13H,3,6H2,1-2H3,(H2,18,19,21)/t13-/m0/s1. The van der Waals surface area contributed by atoms with E-state index < -0.39 is 18.0 Å². The van der Waals surface area contributed by atoms with Gasteiger partial charge in [-0.05, 0) is 31.0 Å². The average Bonchev–Trinajstić information content (AvgIpc) is 2.44. The number of hydrogen-bond acceptors (Lipinski definition) is 3. The first-order valence-electron chi connectivity index (χ1n) is 6.84. The van der Waals surface area contributed by atoms with Crippen molar-refractivity contribution >= 4 is 35.2 Å². The number of allylic oxidation sites excluding steroid dienone is 1. The molecule has 1 atom stereocenters. The van der Waals surface area contributed by atoms with Crippen LogP contribution in [0.2, 0.25) is 10.0 Å². The van der Waals surface area contributed by atoms with E-state index in [9.17, 15) is 9.59 Å². The van der Waals surface area contributed by atoms with Crippen LogP contribution in [0, 0.1) is 0 Å². The summed E-state index contributed by atoms with van der Waals surface area (Å²) < 4.78 is 5.19. The van der Waals surface area contributed by atoms with Crippen molar-refractivity contribution in [3.63, 3.8) is 0 Å². The van der Waals surface area contributed by atoms with Gasteiger partial charge in [0.25, 0.3) is 0 Å². The van der Waals surface area contributed by atoms with Crippen LogP contribution in [0.25, 0.3) is 0 Å². The SMILES string of the molecule is CCCOC(=O)C1=C(C)NC(=O)N[C@H]1c1ccc(Cl)cc1Cl. The van der Waals surface area contributed by atoms with E-state index in [-0.39, 0.29) is 0 Å². The molecule has 1 aliphatic rings. The fraction of sp³-hybridized carbons (Fsp3) is 0.333. The van der Waals surface area contributed by atoms with E-state index in [2.05, 4.69) is 10.6 Å². The lowest BCUT2D eigenvalue weighted by molar-refractivity contribution is -0.139. The minimum atomic E-state index is -0.678. The lowest BCUT2D eigenvalue weighted by Gasteiger charge is -2.28. The summed E-state index contributed by atoms with van der Waals surface area (Å²) in [4.78, 5) is 24.0. The quantitative estimate of drug-likeness (QED) is 0.822. The highest BCUT2D eigenvalue weighted by Crippen LogP contribution is 2.33. The van der Waals surface area contributed by atoms with Crippen molar-refractivity contribution in [3.05, 3.63) is 45.1 Å². The Morgan fingerprint density at radius 3 is 2.73 bits per heavy atom. The maximum Gasteiger partial charge on any atom is 0.338 e. The van der Waals surface area contributed by atoms with Gasteiger partial charge >= 0.3 is 12.0 Å². The Morgan fingerprint density at radius 1 is 1.36 bits per heavy atom. The molecule has 118 valence electrons. The molecule has 1 heterocycles. The molecular formula is C15H16Cl2N2O3. The van der Waals surface area contributed by atoms with Crippen LogP contribution in [-0.4, -0.2) is 18.6 Å². The van der Waals surface area contributed by atoms with E-state index in [0.717, 1.165) is 0 Å². The van der Waals surface area contributed by atoms with Crippen LogP contribution < -0.4 is 10.6 Å². The van der Waals surface area contributed by atoms with E-state index in [4.69, 9.17) is 27.9 Å². The third kappa shape index (κ3) is 3.54. The highest BCUT2D eigenvalue weighted by atomic mass is 35.5. The molecule has 0 fully saturated rings. The van der Waals surface area contributed by atoms with E-state index >= 15 is 0 Å². The van der Waals surface area contributed by atoms with Crippen LogP contribution in [0.1, 0.15) is 31.9 Å². The van der Waals surface area contributed by atoms with Gasteiger partial charge in [0.1, 0.15) is 0 Å². The highest BCUT2D eigenvalue weighted by Gasteiger charge is 2.33. The molecule has 0 unspecified atom stereocenters.